The monoisotopic (exact) mass is 221 g/mol. The molecule has 0 aromatic rings. The van der Waals surface area contributed by atoms with Crippen LogP contribution in [-0.2, 0) is 9.59 Å². The zero-order valence-corrected chi connectivity index (χ0v) is 8.04. The molecular weight excluding hydrogens is 210 g/mol. The SMILES string of the molecule is NC(=O)NC(=O)CSC[C@@H](N)C(=O)O. The zero-order valence-electron chi connectivity index (χ0n) is 7.23. The number of nitrogens with one attached hydrogen (secondary N) is 1. The molecule has 0 unspecified atom stereocenters. The Morgan fingerprint density at radius 2 is 2.00 bits per heavy atom. The summed E-state index contributed by atoms with van der Waals surface area (Å²) in [5.74, 6) is -1.65. The van der Waals surface area contributed by atoms with Crippen molar-refractivity contribution in [2.45, 2.75) is 6.04 Å². The van der Waals surface area contributed by atoms with E-state index in [4.69, 9.17) is 10.8 Å². The molecule has 0 aromatic heterocycles. The van der Waals surface area contributed by atoms with Crippen molar-refractivity contribution in [3.63, 3.8) is 0 Å². The molecule has 0 radical (unpaired) electrons. The number of thioether (sulfide) groups is 1. The molecule has 0 aliphatic heterocycles. The topological polar surface area (TPSA) is 136 Å². The van der Waals surface area contributed by atoms with E-state index in [0.29, 0.717) is 0 Å². The van der Waals surface area contributed by atoms with E-state index < -0.39 is 23.9 Å². The number of nitrogens with two attached hydrogens (primary N) is 2. The van der Waals surface area contributed by atoms with Crippen LogP contribution < -0.4 is 16.8 Å². The van der Waals surface area contributed by atoms with E-state index in [-0.39, 0.29) is 11.5 Å². The molecule has 3 amide bonds. The summed E-state index contributed by atoms with van der Waals surface area (Å²) in [7, 11) is 0. The number of amides is 3. The van der Waals surface area contributed by atoms with Crippen LogP contribution in [0.15, 0.2) is 0 Å². The second-order valence-electron chi connectivity index (χ2n) is 2.37. The number of rotatable bonds is 5. The van der Waals surface area contributed by atoms with Crippen molar-refractivity contribution in [3.05, 3.63) is 0 Å². The van der Waals surface area contributed by atoms with E-state index in [1.807, 2.05) is 5.32 Å². The Labute approximate surface area is 84.2 Å². The van der Waals surface area contributed by atoms with Crippen LogP contribution in [0.4, 0.5) is 4.79 Å². The fourth-order valence-corrected chi connectivity index (χ4v) is 1.30. The summed E-state index contributed by atoms with van der Waals surface area (Å²) in [5.41, 5.74) is 9.83. The maximum Gasteiger partial charge on any atom is 0.321 e. The summed E-state index contributed by atoms with van der Waals surface area (Å²) in [6.45, 7) is 0. The van der Waals surface area contributed by atoms with Crippen molar-refractivity contribution in [2.75, 3.05) is 11.5 Å². The van der Waals surface area contributed by atoms with Gasteiger partial charge in [0.15, 0.2) is 0 Å². The lowest BCUT2D eigenvalue weighted by atomic mass is 10.4. The predicted octanol–water partition coefficient (Wildman–Crippen LogP) is -1.67. The maximum atomic E-state index is 10.8. The number of carboxylic acid groups (broad SMARTS) is 1. The summed E-state index contributed by atoms with van der Waals surface area (Å²) in [6, 6.07) is -1.94. The standard InChI is InChI=1S/C6H11N3O4S/c7-3(5(11)12)1-14-2-4(10)9-6(8)13/h3H,1-2,7H2,(H,11,12)(H3,8,9,10,13)/t3-/m1/s1. The summed E-state index contributed by atoms with van der Waals surface area (Å²) < 4.78 is 0. The van der Waals surface area contributed by atoms with Gasteiger partial charge in [-0.2, -0.15) is 0 Å². The Bertz CT molecular complexity index is 245. The van der Waals surface area contributed by atoms with Crippen LogP contribution in [-0.4, -0.2) is 40.6 Å². The van der Waals surface area contributed by atoms with Gasteiger partial charge in [0.2, 0.25) is 5.91 Å². The van der Waals surface area contributed by atoms with E-state index >= 15 is 0 Å². The van der Waals surface area contributed by atoms with Gasteiger partial charge in [0.25, 0.3) is 0 Å². The lowest BCUT2D eigenvalue weighted by molar-refractivity contribution is -0.138. The van der Waals surface area contributed by atoms with Crippen LogP contribution in [0.3, 0.4) is 0 Å². The third-order valence-electron chi connectivity index (χ3n) is 1.11. The third kappa shape index (κ3) is 6.26. The van der Waals surface area contributed by atoms with E-state index in [1.165, 1.54) is 0 Å². The van der Waals surface area contributed by atoms with Gasteiger partial charge < -0.3 is 16.6 Å². The van der Waals surface area contributed by atoms with Crippen LogP contribution in [0, 0.1) is 0 Å². The van der Waals surface area contributed by atoms with Crippen LogP contribution in [0.2, 0.25) is 0 Å². The number of imide groups is 1. The lowest BCUT2D eigenvalue weighted by Crippen LogP contribution is -2.37. The highest BCUT2D eigenvalue weighted by Crippen LogP contribution is 2.00. The first-order chi connectivity index (χ1) is 6.43. The van der Waals surface area contributed by atoms with Crippen molar-refractivity contribution in [1.29, 1.82) is 0 Å². The summed E-state index contributed by atoms with van der Waals surface area (Å²) >= 11 is 1.01. The molecule has 1 atom stereocenters. The molecule has 0 saturated heterocycles. The van der Waals surface area contributed by atoms with Gasteiger partial charge in [-0.25, -0.2) is 4.79 Å². The van der Waals surface area contributed by atoms with Crippen LogP contribution in [0.25, 0.3) is 0 Å². The third-order valence-corrected chi connectivity index (χ3v) is 2.17. The molecule has 0 aromatic carbocycles. The van der Waals surface area contributed by atoms with Gasteiger partial charge in [-0.15, -0.1) is 11.8 Å². The molecule has 8 heteroatoms. The average Bonchev–Trinajstić information content (AvgIpc) is 2.02. The van der Waals surface area contributed by atoms with Gasteiger partial charge in [-0.05, 0) is 0 Å². The number of hydrogen-bond acceptors (Lipinski definition) is 5. The van der Waals surface area contributed by atoms with Gasteiger partial charge in [-0.3, -0.25) is 14.9 Å². The van der Waals surface area contributed by atoms with Crippen molar-refractivity contribution >= 4 is 29.7 Å². The van der Waals surface area contributed by atoms with Crippen molar-refractivity contribution in [3.8, 4) is 0 Å². The Balaban J connectivity index is 3.59. The summed E-state index contributed by atoms with van der Waals surface area (Å²) in [4.78, 5) is 31.2. The average molecular weight is 221 g/mol. The molecular formula is C6H11N3O4S. The van der Waals surface area contributed by atoms with E-state index in [9.17, 15) is 14.4 Å². The van der Waals surface area contributed by atoms with E-state index in [2.05, 4.69) is 5.73 Å². The van der Waals surface area contributed by atoms with Crippen LogP contribution in [0.5, 0.6) is 0 Å². The molecule has 0 fully saturated rings. The van der Waals surface area contributed by atoms with Crippen molar-refractivity contribution < 1.29 is 19.5 Å². The van der Waals surface area contributed by atoms with Gasteiger partial charge in [0.1, 0.15) is 6.04 Å². The summed E-state index contributed by atoms with van der Waals surface area (Å²) in [6.07, 6.45) is 0. The second kappa shape index (κ2) is 6.22. The number of primary amides is 1. The maximum absolute atomic E-state index is 10.8. The summed E-state index contributed by atoms with van der Waals surface area (Å²) in [5, 5.41) is 10.2. The molecule has 0 aliphatic carbocycles. The minimum Gasteiger partial charge on any atom is -0.480 e. The van der Waals surface area contributed by atoms with Gasteiger partial charge in [-0.1, -0.05) is 0 Å². The minimum absolute atomic E-state index is 0.0517. The first-order valence-corrected chi connectivity index (χ1v) is 4.74. The molecule has 0 saturated carbocycles. The Kier molecular flexibility index (Phi) is 5.65. The Morgan fingerprint density at radius 1 is 1.43 bits per heavy atom. The van der Waals surface area contributed by atoms with Crippen LogP contribution in [0.1, 0.15) is 0 Å². The number of aliphatic carboxylic acids is 1. The van der Waals surface area contributed by atoms with Crippen molar-refractivity contribution in [2.24, 2.45) is 11.5 Å². The normalized spacial score (nSPS) is 11.8. The highest BCUT2D eigenvalue weighted by molar-refractivity contribution is 8.00. The zero-order chi connectivity index (χ0) is 11.1. The van der Waals surface area contributed by atoms with E-state index in [0.717, 1.165) is 11.8 Å². The molecule has 80 valence electrons. The van der Waals surface area contributed by atoms with Crippen LogP contribution >= 0.6 is 11.8 Å². The smallest absolute Gasteiger partial charge is 0.321 e. The number of urea groups is 1. The quantitative estimate of drug-likeness (QED) is 0.438. The first-order valence-electron chi connectivity index (χ1n) is 3.59. The number of carbonyl (C=O) groups is 3. The fraction of sp³-hybridized carbons (Fsp3) is 0.500. The molecule has 0 heterocycles. The highest BCUT2D eigenvalue weighted by atomic mass is 32.2. The van der Waals surface area contributed by atoms with Crippen molar-refractivity contribution in [1.82, 2.24) is 5.32 Å². The molecule has 0 spiro atoms. The molecule has 0 aliphatic rings. The van der Waals surface area contributed by atoms with Gasteiger partial charge in [0, 0.05) is 5.75 Å². The Morgan fingerprint density at radius 3 is 2.43 bits per heavy atom. The predicted molar refractivity (Wildman–Crippen MR) is 50.7 cm³/mol. The molecule has 0 rings (SSSR count). The number of hydrogen-bond donors (Lipinski definition) is 4. The van der Waals surface area contributed by atoms with Gasteiger partial charge >= 0.3 is 12.0 Å². The second-order valence-corrected chi connectivity index (χ2v) is 3.40. The van der Waals surface area contributed by atoms with E-state index in [1.54, 1.807) is 0 Å². The fourth-order valence-electron chi connectivity index (χ4n) is 0.523. The number of carboxylic acids is 1. The first kappa shape index (κ1) is 12.7. The Hall–Kier alpha value is -1.28. The lowest BCUT2D eigenvalue weighted by Gasteiger charge is -2.04. The molecule has 14 heavy (non-hydrogen) atoms. The minimum atomic E-state index is -1.13. The largest absolute Gasteiger partial charge is 0.480 e. The number of carbonyl (C=O) groups excluding carboxylic acids is 2. The molecule has 6 N–H and O–H groups in total. The highest BCUT2D eigenvalue weighted by Gasteiger charge is 2.12. The molecule has 7 nitrogen and oxygen atoms in total. The molecule has 0 bridgehead atoms. The van der Waals surface area contributed by atoms with Gasteiger partial charge in [0.05, 0.1) is 5.75 Å².